The summed E-state index contributed by atoms with van der Waals surface area (Å²) in [6.45, 7) is 4.54. The van der Waals surface area contributed by atoms with Gasteiger partial charge in [-0.1, -0.05) is 39.2 Å². The van der Waals surface area contributed by atoms with Gasteiger partial charge >= 0.3 is 0 Å². The Labute approximate surface area is 171 Å². The van der Waals surface area contributed by atoms with E-state index >= 15 is 0 Å². The van der Waals surface area contributed by atoms with E-state index in [1.54, 1.807) is 18.0 Å². The molecular weight excluding hydrogens is 360 g/mol. The summed E-state index contributed by atoms with van der Waals surface area (Å²) < 4.78 is 7.37. The molecule has 1 saturated carbocycles. The van der Waals surface area contributed by atoms with E-state index in [2.05, 4.69) is 53.2 Å². The number of aromatic amines is 1. The molecule has 0 aliphatic heterocycles. The first-order valence-electron chi connectivity index (χ1n) is 10.7. The van der Waals surface area contributed by atoms with Crippen molar-refractivity contribution in [3.63, 3.8) is 0 Å². The highest BCUT2D eigenvalue weighted by Gasteiger charge is 2.21. The molecule has 0 amide bonds. The first kappa shape index (κ1) is 18.2. The van der Waals surface area contributed by atoms with Gasteiger partial charge in [-0.3, -0.25) is 0 Å². The maximum absolute atomic E-state index is 5.58. The van der Waals surface area contributed by atoms with E-state index < -0.39 is 0 Å². The smallest absolute Gasteiger partial charge is 0.197 e. The summed E-state index contributed by atoms with van der Waals surface area (Å²) in [7, 11) is 1.68. The lowest BCUT2D eigenvalue weighted by atomic mass is 9.83. The number of fused-ring (bicyclic) bond motifs is 2. The Bertz CT molecular complexity index is 1160. The number of methoxy groups -OCH3 is 1. The van der Waals surface area contributed by atoms with Crippen LogP contribution in [0.5, 0.6) is 5.75 Å². The summed E-state index contributed by atoms with van der Waals surface area (Å²) in [4.78, 5) is 7.99. The molecule has 1 aliphatic carbocycles. The summed E-state index contributed by atoms with van der Waals surface area (Å²) >= 11 is 0. The van der Waals surface area contributed by atoms with Gasteiger partial charge in [0.2, 0.25) is 0 Å². The molecular formula is C24H28N4O. The van der Waals surface area contributed by atoms with E-state index in [-0.39, 0.29) is 0 Å². The number of hydrogen-bond donors (Lipinski definition) is 1. The molecule has 5 heteroatoms. The molecule has 1 aromatic carbocycles. The van der Waals surface area contributed by atoms with Crippen molar-refractivity contribution in [2.24, 2.45) is 0 Å². The predicted molar refractivity (Wildman–Crippen MR) is 117 cm³/mol. The fourth-order valence-corrected chi connectivity index (χ4v) is 4.93. The van der Waals surface area contributed by atoms with Gasteiger partial charge in [0, 0.05) is 22.7 Å². The average Bonchev–Trinajstić information content (AvgIpc) is 3.37. The van der Waals surface area contributed by atoms with Crippen LogP contribution in [0.4, 0.5) is 0 Å². The minimum Gasteiger partial charge on any atom is -0.493 e. The van der Waals surface area contributed by atoms with Crippen LogP contribution in [0.3, 0.4) is 0 Å². The van der Waals surface area contributed by atoms with Crippen molar-refractivity contribution >= 4 is 16.6 Å². The minimum absolute atomic E-state index is 0.401. The third-order valence-electron chi connectivity index (χ3n) is 6.37. The molecule has 3 aromatic heterocycles. The number of pyridine rings is 1. The fraction of sp³-hybridized carbons (Fsp3) is 0.417. The second-order valence-corrected chi connectivity index (χ2v) is 8.53. The molecule has 1 fully saturated rings. The number of hydrogen-bond acceptors (Lipinski definition) is 3. The van der Waals surface area contributed by atoms with Crippen LogP contribution in [-0.4, -0.2) is 26.7 Å². The highest BCUT2D eigenvalue weighted by atomic mass is 16.5. The van der Waals surface area contributed by atoms with Crippen LogP contribution in [0.2, 0.25) is 0 Å². The normalized spacial score (nSPS) is 15.6. The zero-order chi connectivity index (χ0) is 20.0. The molecule has 0 unspecified atom stereocenters. The molecule has 0 atom stereocenters. The Hall–Kier alpha value is -2.82. The molecule has 29 heavy (non-hydrogen) atoms. The second-order valence-electron chi connectivity index (χ2n) is 8.53. The third kappa shape index (κ3) is 3.09. The summed E-state index contributed by atoms with van der Waals surface area (Å²) in [6, 6.07) is 9.08. The van der Waals surface area contributed by atoms with Crippen molar-refractivity contribution in [2.45, 2.75) is 57.8 Å². The number of ether oxygens (including phenoxy) is 1. The Balaban J connectivity index is 1.68. The standard InChI is InChI=1S/C24H28N4O/c1-15(2)22-19-11-17(16-7-5-4-6-8-16)9-10-20(19)27-23(22)18-12-21(29-3)24-25-14-26-28(24)13-18/h9-16,27H,4-8H2,1-3H3. The average molecular weight is 389 g/mol. The Morgan fingerprint density at radius 1 is 1.14 bits per heavy atom. The summed E-state index contributed by atoms with van der Waals surface area (Å²) in [6.07, 6.45) is 10.3. The van der Waals surface area contributed by atoms with Gasteiger partial charge in [0.15, 0.2) is 11.4 Å². The summed E-state index contributed by atoms with van der Waals surface area (Å²) in [5, 5.41) is 5.67. The number of benzene rings is 1. The molecule has 150 valence electrons. The molecule has 5 nitrogen and oxygen atoms in total. The van der Waals surface area contributed by atoms with E-state index in [4.69, 9.17) is 4.74 Å². The van der Waals surface area contributed by atoms with Crippen LogP contribution in [0.1, 0.15) is 68.9 Å². The van der Waals surface area contributed by atoms with E-state index in [0.29, 0.717) is 11.8 Å². The number of nitrogens with one attached hydrogen (secondary N) is 1. The van der Waals surface area contributed by atoms with E-state index in [1.807, 2.05) is 6.20 Å². The van der Waals surface area contributed by atoms with E-state index in [0.717, 1.165) is 22.7 Å². The van der Waals surface area contributed by atoms with Gasteiger partial charge in [-0.05, 0) is 54.0 Å². The van der Waals surface area contributed by atoms with Crippen molar-refractivity contribution in [3.05, 3.63) is 47.9 Å². The number of aromatic nitrogens is 4. The summed E-state index contributed by atoms with van der Waals surface area (Å²) in [5.74, 6) is 1.84. The Morgan fingerprint density at radius 3 is 2.72 bits per heavy atom. The first-order valence-corrected chi connectivity index (χ1v) is 10.7. The lowest BCUT2D eigenvalue weighted by Crippen LogP contribution is -2.04. The summed E-state index contributed by atoms with van der Waals surface area (Å²) in [5.41, 5.74) is 7.00. The van der Waals surface area contributed by atoms with Crippen molar-refractivity contribution < 1.29 is 4.74 Å². The van der Waals surface area contributed by atoms with Crippen LogP contribution in [-0.2, 0) is 0 Å². The highest BCUT2D eigenvalue weighted by molar-refractivity contribution is 5.92. The lowest BCUT2D eigenvalue weighted by Gasteiger charge is -2.22. The quantitative estimate of drug-likeness (QED) is 0.462. The largest absolute Gasteiger partial charge is 0.493 e. The minimum atomic E-state index is 0.401. The maximum Gasteiger partial charge on any atom is 0.197 e. The van der Waals surface area contributed by atoms with Gasteiger partial charge in [0.05, 0.1) is 12.8 Å². The van der Waals surface area contributed by atoms with Crippen LogP contribution < -0.4 is 4.74 Å². The SMILES string of the molecule is COc1cc(-c2[nH]c3ccc(C4CCCCC4)cc3c2C(C)C)cn2ncnc12. The molecule has 1 aliphatic rings. The zero-order valence-corrected chi connectivity index (χ0v) is 17.4. The Kier molecular flexibility index (Phi) is 4.53. The van der Waals surface area contributed by atoms with E-state index in [9.17, 15) is 0 Å². The van der Waals surface area contributed by atoms with Crippen LogP contribution in [0.25, 0.3) is 27.8 Å². The van der Waals surface area contributed by atoms with E-state index in [1.165, 1.54) is 54.1 Å². The number of rotatable bonds is 4. The van der Waals surface area contributed by atoms with Crippen molar-refractivity contribution in [3.8, 4) is 17.0 Å². The van der Waals surface area contributed by atoms with Gasteiger partial charge in [0.25, 0.3) is 0 Å². The number of nitrogens with zero attached hydrogens (tertiary/aromatic N) is 3. The van der Waals surface area contributed by atoms with Gasteiger partial charge in [0.1, 0.15) is 6.33 Å². The van der Waals surface area contributed by atoms with Crippen LogP contribution >= 0.6 is 0 Å². The molecule has 0 spiro atoms. The molecule has 0 bridgehead atoms. The van der Waals surface area contributed by atoms with Crippen molar-refractivity contribution in [1.29, 1.82) is 0 Å². The Morgan fingerprint density at radius 2 is 1.97 bits per heavy atom. The predicted octanol–water partition coefficient (Wildman–Crippen LogP) is 6.06. The fourth-order valence-electron chi connectivity index (χ4n) is 4.93. The second kappa shape index (κ2) is 7.21. The molecule has 1 N–H and O–H groups in total. The molecule has 0 radical (unpaired) electrons. The molecule has 0 saturated heterocycles. The monoisotopic (exact) mass is 388 g/mol. The molecule has 4 aromatic rings. The van der Waals surface area contributed by atoms with Crippen LogP contribution in [0.15, 0.2) is 36.8 Å². The highest BCUT2D eigenvalue weighted by Crippen LogP contribution is 2.40. The van der Waals surface area contributed by atoms with Crippen molar-refractivity contribution in [2.75, 3.05) is 7.11 Å². The zero-order valence-electron chi connectivity index (χ0n) is 17.4. The van der Waals surface area contributed by atoms with Crippen molar-refractivity contribution in [1.82, 2.24) is 19.6 Å². The lowest BCUT2D eigenvalue weighted by molar-refractivity contribution is 0.416. The van der Waals surface area contributed by atoms with Gasteiger partial charge in [-0.15, -0.1) is 0 Å². The van der Waals surface area contributed by atoms with Gasteiger partial charge in [-0.2, -0.15) is 5.10 Å². The van der Waals surface area contributed by atoms with Gasteiger partial charge < -0.3 is 9.72 Å². The molecule has 3 heterocycles. The first-order chi connectivity index (χ1) is 14.2. The number of H-pyrrole nitrogens is 1. The van der Waals surface area contributed by atoms with Gasteiger partial charge in [-0.25, -0.2) is 9.50 Å². The topological polar surface area (TPSA) is 55.2 Å². The maximum atomic E-state index is 5.58. The third-order valence-corrected chi connectivity index (χ3v) is 6.37. The molecule has 5 rings (SSSR count). The van der Waals surface area contributed by atoms with Crippen LogP contribution in [0, 0.1) is 0 Å².